The molecule has 0 unspecified atom stereocenters. The van der Waals surface area contributed by atoms with Gasteiger partial charge in [-0.05, 0) is 16.8 Å². The van der Waals surface area contributed by atoms with Gasteiger partial charge in [-0.1, -0.05) is 54.6 Å². The van der Waals surface area contributed by atoms with Gasteiger partial charge in [0.15, 0.2) is 0 Å². The summed E-state index contributed by atoms with van der Waals surface area (Å²) in [6.07, 6.45) is 0. The van der Waals surface area contributed by atoms with Crippen molar-refractivity contribution in [3.8, 4) is 0 Å². The SMILES string of the molecule is c1ccc2c(c1)ccc1c3ccccc3sc21. The molecule has 4 rings (SSSR count). The monoisotopic (exact) mass is 234 g/mol. The number of fused-ring (bicyclic) bond motifs is 5. The van der Waals surface area contributed by atoms with Crippen LogP contribution >= 0.6 is 11.3 Å². The average molecular weight is 234 g/mol. The fourth-order valence-corrected chi connectivity index (χ4v) is 3.69. The smallest absolute Gasteiger partial charge is 0.0433 e. The lowest BCUT2D eigenvalue weighted by molar-refractivity contribution is 1.82. The van der Waals surface area contributed by atoms with Gasteiger partial charge in [0.25, 0.3) is 0 Å². The summed E-state index contributed by atoms with van der Waals surface area (Å²) in [7, 11) is 0. The first-order valence-electron chi connectivity index (χ1n) is 5.72. The average Bonchev–Trinajstić information content (AvgIpc) is 2.78. The van der Waals surface area contributed by atoms with Gasteiger partial charge in [-0.15, -0.1) is 11.3 Å². The number of rotatable bonds is 0. The molecule has 0 aliphatic rings. The molecule has 1 aromatic heterocycles. The molecule has 0 amide bonds. The van der Waals surface area contributed by atoms with Crippen LogP contribution in [-0.4, -0.2) is 0 Å². The van der Waals surface area contributed by atoms with Crippen LogP contribution in [0.15, 0.2) is 60.7 Å². The van der Waals surface area contributed by atoms with E-state index in [1.54, 1.807) is 0 Å². The van der Waals surface area contributed by atoms with Gasteiger partial charge in [-0.25, -0.2) is 0 Å². The summed E-state index contributed by atoms with van der Waals surface area (Å²) < 4.78 is 2.78. The highest BCUT2D eigenvalue weighted by Gasteiger charge is 2.06. The summed E-state index contributed by atoms with van der Waals surface area (Å²) in [5.74, 6) is 0. The molecule has 0 atom stereocenters. The lowest BCUT2D eigenvalue weighted by atomic mass is 10.1. The standard InChI is InChI=1S/C16H10S/c1-2-6-12-11(5-1)9-10-14-13-7-3-4-8-15(13)17-16(12)14/h1-10H. The lowest BCUT2D eigenvalue weighted by Gasteiger charge is -1.98. The molecule has 4 aromatic rings. The topological polar surface area (TPSA) is 0 Å². The minimum atomic E-state index is 1.33. The van der Waals surface area contributed by atoms with Gasteiger partial charge in [0.2, 0.25) is 0 Å². The normalized spacial score (nSPS) is 11.5. The van der Waals surface area contributed by atoms with Crippen molar-refractivity contribution in [1.29, 1.82) is 0 Å². The van der Waals surface area contributed by atoms with Crippen LogP contribution in [0.5, 0.6) is 0 Å². The quantitative estimate of drug-likeness (QED) is 0.392. The van der Waals surface area contributed by atoms with Crippen molar-refractivity contribution in [3.63, 3.8) is 0 Å². The Balaban J connectivity index is 2.34. The van der Waals surface area contributed by atoms with Crippen molar-refractivity contribution in [3.05, 3.63) is 60.7 Å². The zero-order valence-corrected chi connectivity index (χ0v) is 10.00. The first kappa shape index (κ1) is 9.20. The van der Waals surface area contributed by atoms with E-state index >= 15 is 0 Å². The zero-order chi connectivity index (χ0) is 11.2. The Morgan fingerprint density at radius 2 is 1.35 bits per heavy atom. The molecule has 0 bridgehead atoms. The van der Waals surface area contributed by atoms with Gasteiger partial charge in [-0.3, -0.25) is 0 Å². The molecule has 0 aliphatic carbocycles. The minimum Gasteiger partial charge on any atom is -0.135 e. The fraction of sp³-hybridized carbons (Fsp3) is 0. The molecule has 1 heteroatoms. The molecule has 0 radical (unpaired) electrons. The van der Waals surface area contributed by atoms with Crippen molar-refractivity contribution in [2.45, 2.75) is 0 Å². The third kappa shape index (κ3) is 1.23. The lowest BCUT2D eigenvalue weighted by Crippen LogP contribution is -1.71. The maximum atomic E-state index is 2.25. The van der Waals surface area contributed by atoms with Crippen LogP contribution in [0.3, 0.4) is 0 Å². The Bertz CT molecular complexity index is 840. The Morgan fingerprint density at radius 3 is 2.29 bits per heavy atom. The predicted molar refractivity (Wildman–Crippen MR) is 76.8 cm³/mol. The van der Waals surface area contributed by atoms with E-state index in [0.717, 1.165) is 0 Å². The molecular weight excluding hydrogens is 224 g/mol. The van der Waals surface area contributed by atoms with E-state index in [9.17, 15) is 0 Å². The second-order valence-corrected chi connectivity index (χ2v) is 5.31. The molecule has 1 heterocycles. The number of benzene rings is 3. The van der Waals surface area contributed by atoms with Gasteiger partial charge < -0.3 is 0 Å². The van der Waals surface area contributed by atoms with Crippen LogP contribution < -0.4 is 0 Å². The third-order valence-corrected chi connectivity index (χ3v) is 4.49. The summed E-state index contributed by atoms with van der Waals surface area (Å²) in [5, 5.41) is 5.44. The second-order valence-electron chi connectivity index (χ2n) is 4.26. The third-order valence-electron chi connectivity index (χ3n) is 3.27. The zero-order valence-electron chi connectivity index (χ0n) is 9.18. The predicted octanol–water partition coefficient (Wildman–Crippen LogP) is 5.21. The van der Waals surface area contributed by atoms with Crippen molar-refractivity contribution in [2.24, 2.45) is 0 Å². The van der Waals surface area contributed by atoms with Crippen molar-refractivity contribution >= 4 is 42.3 Å². The molecule has 0 aliphatic heterocycles. The Labute approximate surface area is 103 Å². The number of hydrogen-bond donors (Lipinski definition) is 0. The molecule has 80 valence electrons. The van der Waals surface area contributed by atoms with Crippen molar-refractivity contribution in [1.82, 2.24) is 0 Å². The molecule has 0 spiro atoms. The first-order valence-corrected chi connectivity index (χ1v) is 6.54. The molecule has 0 N–H and O–H groups in total. The summed E-state index contributed by atoms with van der Waals surface area (Å²) >= 11 is 1.89. The molecule has 0 saturated carbocycles. The minimum absolute atomic E-state index is 1.33. The fourth-order valence-electron chi connectivity index (χ4n) is 2.45. The molecule has 0 saturated heterocycles. The number of hydrogen-bond acceptors (Lipinski definition) is 1. The van der Waals surface area contributed by atoms with Crippen molar-refractivity contribution < 1.29 is 0 Å². The van der Waals surface area contributed by atoms with Gasteiger partial charge in [0, 0.05) is 20.2 Å². The molecule has 17 heavy (non-hydrogen) atoms. The van der Waals surface area contributed by atoms with Crippen LogP contribution in [0, 0.1) is 0 Å². The molecule has 3 aromatic carbocycles. The molecular formula is C16H10S. The second kappa shape index (κ2) is 3.31. The van der Waals surface area contributed by atoms with E-state index in [2.05, 4.69) is 60.7 Å². The van der Waals surface area contributed by atoms with E-state index in [1.807, 2.05) is 11.3 Å². The molecule has 0 nitrogen and oxygen atoms in total. The Kier molecular flexibility index (Phi) is 1.79. The highest BCUT2D eigenvalue weighted by Crippen LogP contribution is 2.37. The Hall–Kier alpha value is -1.86. The van der Waals surface area contributed by atoms with Crippen LogP contribution in [0.25, 0.3) is 30.9 Å². The highest BCUT2D eigenvalue weighted by molar-refractivity contribution is 7.26. The van der Waals surface area contributed by atoms with E-state index in [1.165, 1.54) is 30.9 Å². The van der Waals surface area contributed by atoms with Gasteiger partial charge >= 0.3 is 0 Å². The summed E-state index contributed by atoms with van der Waals surface area (Å²) in [6.45, 7) is 0. The summed E-state index contributed by atoms with van der Waals surface area (Å²) in [6, 6.07) is 21.7. The summed E-state index contributed by atoms with van der Waals surface area (Å²) in [5.41, 5.74) is 0. The maximum absolute atomic E-state index is 2.25. The van der Waals surface area contributed by atoms with Gasteiger partial charge in [0.05, 0.1) is 0 Å². The van der Waals surface area contributed by atoms with E-state index in [4.69, 9.17) is 0 Å². The Morgan fingerprint density at radius 1 is 0.588 bits per heavy atom. The van der Waals surface area contributed by atoms with Gasteiger partial charge in [0.1, 0.15) is 0 Å². The maximum Gasteiger partial charge on any atom is 0.0433 e. The van der Waals surface area contributed by atoms with Crippen LogP contribution in [0.4, 0.5) is 0 Å². The van der Waals surface area contributed by atoms with Crippen molar-refractivity contribution in [2.75, 3.05) is 0 Å². The number of thiophene rings is 1. The largest absolute Gasteiger partial charge is 0.135 e. The van der Waals surface area contributed by atoms with Crippen LogP contribution in [-0.2, 0) is 0 Å². The molecule has 0 fully saturated rings. The summed E-state index contributed by atoms with van der Waals surface area (Å²) in [4.78, 5) is 0. The highest BCUT2D eigenvalue weighted by atomic mass is 32.1. The van der Waals surface area contributed by atoms with E-state index < -0.39 is 0 Å². The first-order chi connectivity index (χ1) is 8.43. The van der Waals surface area contributed by atoms with Gasteiger partial charge in [-0.2, -0.15) is 0 Å². The van der Waals surface area contributed by atoms with Crippen LogP contribution in [0.1, 0.15) is 0 Å². The van der Waals surface area contributed by atoms with E-state index in [-0.39, 0.29) is 0 Å². The van der Waals surface area contributed by atoms with Crippen LogP contribution in [0.2, 0.25) is 0 Å². The van der Waals surface area contributed by atoms with E-state index in [0.29, 0.717) is 0 Å².